The zero-order valence-corrected chi connectivity index (χ0v) is 12.6. The van der Waals surface area contributed by atoms with Crippen molar-refractivity contribution in [1.29, 1.82) is 0 Å². The van der Waals surface area contributed by atoms with Crippen molar-refractivity contribution in [1.82, 2.24) is 0 Å². The Kier molecular flexibility index (Phi) is 3.87. The van der Waals surface area contributed by atoms with Crippen LogP contribution in [0.25, 0.3) is 11.1 Å². The molecular formula is C21H20. The van der Waals surface area contributed by atoms with Gasteiger partial charge < -0.3 is 0 Å². The van der Waals surface area contributed by atoms with Gasteiger partial charge in [-0.1, -0.05) is 72.8 Å². The molecule has 21 heavy (non-hydrogen) atoms. The van der Waals surface area contributed by atoms with Crippen LogP contribution in [0.1, 0.15) is 22.3 Å². The van der Waals surface area contributed by atoms with E-state index in [9.17, 15) is 0 Å². The molecule has 0 nitrogen and oxygen atoms in total. The molecule has 0 aromatic heterocycles. The average Bonchev–Trinajstić information content (AvgIpc) is 2.50. The third-order valence-corrected chi connectivity index (χ3v) is 4.01. The SMILES string of the molecule is Cc1cccc(C)c1-c1ccccc1Cc1ccccc1. The molecule has 0 aliphatic carbocycles. The van der Waals surface area contributed by atoms with Crippen molar-refractivity contribution in [2.45, 2.75) is 20.3 Å². The van der Waals surface area contributed by atoms with Crippen molar-refractivity contribution in [2.24, 2.45) is 0 Å². The van der Waals surface area contributed by atoms with Crippen LogP contribution in [0, 0.1) is 13.8 Å². The lowest BCUT2D eigenvalue weighted by atomic mass is 9.90. The van der Waals surface area contributed by atoms with Gasteiger partial charge >= 0.3 is 0 Å². The monoisotopic (exact) mass is 272 g/mol. The Morgan fingerprint density at radius 1 is 0.619 bits per heavy atom. The number of hydrogen-bond donors (Lipinski definition) is 0. The number of rotatable bonds is 3. The van der Waals surface area contributed by atoms with Crippen molar-refractivity contribution >= 4 is 0 Å². The molecule has 0 atom stereocenters. The predicted octanol–water partition coefficient (Wildman–Crippen LogP) is 5.56. The molecule has 0 heteroatoms. The van der Waals surface area contributed by atoms with E-state index < -0.39 is 0 Å². The van der Waals surface area contributed by atoms with E-state index in [2.05, 4.69) is 86.6 Å². The highest BCUT2D eigenvalue weighted by molar-refractivity contribution is 5.74. The van der Waals surface area contributed by atoms with E-state index in [0.29, 0.717) is 0 Å². The van der Waals surface area contributed by atoms with Crippen LogP contribution in [-0.2, 0) is 6.42 Å². The lowest BCUT2D eigenvalue weighted by Crippen LogP contribution is -1.95. The molecule has 3 aromatic carbocycles. The first-order valence-corrected chi connectivity index (χ1v) is 7.44. The van der Waals surface area contributed by atoms with Gasteiger partial charge in [0.2, 0.25) is 0 Å². The van der Waals surface area contributed by atoms with Crippen LogP contribution in [-0.4, -0.2) is 0 Å². The third-order valence-electron chi connectivity index (χ3n) is 4.01. The van der Waals surface area contributed by atoms with E-state index in [-0.39, 0.29) is 0 Å². The van der Waals surface area contributed by atoms with Gasteiger partial charge in [0, 0.05) is 0 Å². The normalized spacial score (nSPS) is 10.6. The maximum absolute atomic E-state index is 2.24. The maximum Gasteiger partial charge on any atom is -0.00196 e. The highest BCUT2D eigenvalue weighted by Gasteiger charge is 2.10. The van der Waals surface area contributed by atoms with E-state index >= 15 is 0 Å². The minimum absolute atomic E-state index is 0.977. The summed E-state index contributed by atoms with van der Waals surface area (Å²) >= 11 is 0. The zero-order valence-electron chi connectivity index (χ0n) is 12.6. The molecule has 0 fully saturated rings. The Bertz CT molecular complexity index is 719. The fourth-order valence-electron chi connectivity index (χ4n) is 2.97. The van der Waals surface area contributed by atoms with E-state index in [4.69, 9.17) is 0 Å². The van der Waals surface area contributed by atoms with Gasteiger partial charge in [-0.15, -0.1) is 0 Å². The lowest BCUT2D eigenvalue weighted by molar-refractivity contribution is 1.19. The molecule has 0 amide bonds. The van der Waals surface area contributed by atoms with Crippen molar-refractivity contribution in [3.63, 3.8) is 0 Å². The summed E-state index contributed by atoms with van der Waals surface area (Å²) in [6.45, 7) is 4.39. The summed E-state index contributed by atoms with van der Waals surface area (Å²) in [5.41, 5.74) is 8.17. The van der Waals surface area contributed by atoms with Crippen LogP contribution in [0.2, 0.25) is 0 Å². The molecule has 0 radical (unpaired) electrons. The fourth-order valence-corrected chi connectivity index (χ4v) is 2.97. The van der Waals surface area contributed by atoms with Gasteiger partial charge in [-0.25, -0.2) is 0 Å². The Labute approximate surface area is 127 Å². The summed E-state index contributed by atoms with van der Waals surface area (Å²) in [4.78, 5) is 0. The smallest absolute Gasteiger partial charge is 0.00196 e. The van der Waals surface area contributed by atoms with E-state index in [0.717, 1.165) is 6.42 Å². The molecule has 0 bridgehead atoms. The van der Waals surface area contributed by atoms with Gasteiger partial charge in [-0.3, -0.25) is 0 Å². The molecule has 3 aromatic rings. The third kappa shape index (κ3) is 2.90. The molecule has 104 valence electrons. The molecule has 0 aliphatic rings. The predicted molar refractivity (Wildman–Crippen MR) is 90.6 cm³/mol. The Hall–Kier alpha value is -2.34. The molecule has 3 rings (SSSR count). The standard InChI is InChI=1S/C21H20/c1-16-9-8-10-17(2)21(16)20-14-7-6-13-19(20)15-18-11-4-3-5-12-18/h3-14H,15H2,1-2H3. The van der Waals surface area contributed by atoms with Crippen molar-refractivity contribution < 1.29 is 0 Å². The summed E-state index contributed by atoms with van der Waals surface area (Å²) < 4.78 is 0. The van der Waals surface area contributed by atoms with Crippen LogP contribution >= 0.6 is 0 Å². The van der Waals surface area contributed by atoms with Crippen molar-refractivity contribution in [3.8, 4) is 11.1 Å². The van der Waals surface area contributed by atoms with E-state index in [1.807, 2.05) is 0 Å². The summed E-state index contributed by atoms with van der Waals surface area (Å²) in [5, 5.41) is 0. The highest BCUT2D eigenvalue weighted by atomic mass is 14.1. The minimum atomic E-state index is 0.977. The van der Waals surface area contributed by atoms with Gasteiger partial charge in [0.05, 0.1) is 0 Å². The van der Waals surface area contributed by atoms with Crippen LogP contribution in [0.15, 0.2) is 72.8 Å². The van der Waals surface area contributed by atoms with Crippen LogP contribution in [0.4, 0.5) is 0 Å². The quantitative estimate of drug-likeness (QED) is 0.585. The largest absolute Gasteiger partial charge is 0.0622 e. The molecule has 0 aliphatic heterocycles. The molecular weight excluding hydrogens is 252 g/mol. The van der Waals surface area contributed by atoms with Crippen LogP contribution < -0.4 is 0 Å². The second-order valence-corrected chi connectivity index (χ2v) is 5.59. The first-order valence-electron chi connectivity index (χ1n) is 7.44. The van der Waals surface area contributed by atoms with Crippen molar-refractivity contribution in [3.05, 3.63) is 95.1 Å². The Morgan fingerprint density at radius 3 is 1.95 bits per heavy atom. The lowest BCUT2D eigenvalue weighted by Gasteiger charge is -2.15. The maximum atomic E-state index is 2.24. The summed E-state index contributed by atoms with van der Waals surface area (Å²) in [5.74, 6) is 0. The molecule has 0 heterocycles. The van der Waals surface area contributed by atoms with Crippen LogP contribution in [0.3, 0.4) is 0 Å². The first-order chi connectivity index (χ1) is 10.3. The van der Waals surface area contributed by atoms with Gasteiger partial charge in [0.1, 0.15) is 0 Å². The summed E-state index contributed by atoms with van der Waals surface area (Å²) in [7, 11) is 0. The van der Waals surface area contributed by atoms with Gasteiger partial charge in [0.15, 0.2) is 0 Å². The second-order valence-electron chi connectivity index (χ2n) is 5.59. The fraction of sp³-hybridized carbons (Fsp3) is 0.143. The molecule has 0 N–H and O–H groups in total. The zero-order chi connectivity index (χ0) is 14.7. The molecule has 0 unspecified atom stereocenters. The minimum Gasteiger partial charge on any atom is -0.0622 e. The van der Waals surface area contributed by atoms with Crippen LogP contribution in [0.5, 0.6) is 0 Å². The number of aryl methyl sites for hydroxylation is 2. The van der Waals surface area contributed by atoms with Gasteiger partial charge in [-0.05, 0) is 53.6 Å². The summed E-state index contributed by atoms with van der Waals surface area (Å²) in [6, 6.07) is 26.0. The van der Waals surface area contributed by atoms with Gasteiger partial charge in [0.25, 0.3) is 0 Å². The molecule has 0 saturated carbocycles. The molecule has 0 spiro atoms. The topological polar surface area (TPSA) is 0 Å². The average molecular weight is 272 g/mol. The first kappa shape index (κ1) is 13.6. The second kappa shape index (κ2) is 5.97. The van der Waals surface area contributed by atoms with Gasteiger partial charge in [-0.2, -0.15) is 0 Å². The van der Waals surface area contributed by atoms with Crippen molar-refractivity contribution in [2.75, 3.05) is 0 Å². The highest BCUT2D eigenvalue weighted by Crippen LogP contribution is 2.31. The Morgan fingerprint density at radius 2 is 1.24 bits per heavy atom. The summed E-state index contributed by atoms with van der Waals surface area (Å²) in [6.07, 6.45) is 0.977. The Balaban J connectivity index is 2.08. The number of benzene rings is 3. The number of hydrogen-bond acceptors (Lipinski definition) is 0. The molecule has 0 saturated heterocycles. The van der Waals surface area contributed by atoms with E-state index in [1.54, 1.807) is 0 Å². The van der Waals surface area contributed by atoms with E-state index in [1.165, 1.54) is 33.4 Å².